The average molecular weight is 603 g/mol. The Bertz CT molecular complexity index is 1680. The van der Waals surface area contributed by atoms with E-state index in [-0.39, 0.29) is 35.8 Å². The molecule has 1 amide bonds. The first-order valence-electron chi connectivity index (χ1n) is 14.4. The number of ether oxygens (including phenoxy) is 2. The molecule has 0 spiro atoms. The molecule has 2 saturated heterocycles. The first-order valence-corrected chi connectivity index (χ1v) is 14.4. The van der Waals surface area contributed by atoms with Crippen molar-refractivity contribution in [1.82, 2.24) is 24.8 Å². The van der Waals surface area contributed by atoms with Crippen LogP contribution in [0.5, 0.6) is 17.4 Å². The van der Waals surface area contributed by atoms with Gasteiger partial charge in [0.1, 0.15) is 35.6 Å². The van der Waals surface area contributed by atoms with E-state index in [4.69, 9.17) is 9.47 Å². The maximum Gasteiger partial charge on any atom is 0.245 e. The third kappa shape index (κ3) is 6.31. The van der Waals surface area contributed by atoms with Gasteiger partial charge in [-0.1, -0.05) is 6.58 Å². The number of anilines is 4. The number of carbonyl (C=O) groups is 1. The number of hydrogen-bond acceptors (Lipinski definition) is 10. The average Bonchev–Trinajstić information content (AvgIpc) is 3.48. The second-order valence-corrected chi connectivity index (χ2v) is 10.6. The fraction of sp³-hybridized carbons (Fsp3) is 0.323. The van der Waals surface area contributed by atoms with Gasteiger partial charge < -0.3 is 29.9 Å². The Balaban J connectivity index is 1.18. The summed E-state index contributed by atoms with van der Waals surface area (Å²) in [5.41, 5.74) is 1.56. The number of carbonyl (C=O) groups excluding carboxylic acids is 1. The van der Waals surface area contributed by atoms with E-state index in [0.717, 1.165) is 18.5 Å². The Labute approximate surface area is 252 Å². The van der Waals surface area contributed by atoms with Crippen molar-refractivity contribution in [2.75, 3.05) is 48.8 Å². The topological polar surface area (TPSA) is 118 Å². The lowest BCUT2D eigenvalue weighted by atomic mass is 10.0. The second kappa shape index (κ2) is 12.7. The SMILES string of the molecule is C=CC(=O)N1CCC(Nc2cc3c(Nc4ccc(Oc5ccnc(N6CC[C@H](F)C6)n5)cc4F)ncnc3cc2OC)CC1. The predicted molar refractivity (Wildman–Crippen MR) is 163 cm³/mol. The molecule has 2 N–H and O–H groups in total. The van der Waals surface area contributed by atoms with Gasteiger partial charge in [-0.15, -0.1) is 0 Å². The summed E-state index contributed by atoms with van der Waals surface area (Å²) in [4.78, 5) is 32.8. The molecule has 2 fully saturated rings. The van der Waals surface area contributed by atoms with Gasteiger partial charge in [0.15, 0.2) is 0 Å². The number of nitrogens with one attached hydrogen (secondary N) is 2. The Morgan fingerprint density at radius 2 is 1.91 bits per heavy atom. The number of benzene rings is 2. The maximum atomic E-state index is 15.3. The number of halogens is 2. The molecule has 0 unspecified atom stereocenters. The van der Waals surface area contributed by atoms with Crippen LogP contribution in [0.15, 0.2) is 61.6 Å². The normalized spacial score (nSPS) is 17.0. The molecular weight excluding hydrogens is 570 g/mol. The number of rotatable bonds is 9. The summed E-state index contributed by atoms with van der Waals surface area (Å²) < 4.78 is 40.3. The molecule has 6 rings (SSSR count). The van der Waals surface area contributed by atoms with E-state index in [2.05, 4.69) is 37.1 Å². The summed E-state index contributed by atoms with van der Waals surface area (Å²) >= 11 is 0. The van der Waals surface area contributed by atoms with Crippen LogP contribution in [-0.4, -0.2) is 76.2 Å². The predicted octanol–water partition coefficient (Wildman–Crippen LogP) is 5.24. The van der Waals surface area contributed by atoms with Crippen molar-refractivity contribution >= 4 is 40.0 Å². The zero-order chi connectivity index (χ0) is 30.6. The van der Waals surface area contributed by atoms with Crippen molar-refractivity contribution < 1.29 is 23.0 Å². The first kappa shape index (κ1) is 29.0. The summed E-state index contributed by atoms with van der Waals surface area (Å²) in [6, 6.07) is 9.79. The van der Waals surface area contributed by atoms with E-state index in [1.807, 2.05) is 6.07 Å². The lowest BCUT2D eigenvalue weighted by molar-refractivity contribution is -0.126. The lowest BCUT2D eigenvalue weighted by Gasteiger charge is -2.32. The van der Waals surface area contributed by atoms with Crippen LogP contribution in [0.4, 0.5) is 31.9 Å². The molecule has 1 atom stereocenters. The van der Waals surface area contributed by atoms with Gasteiger partial charge in [0.2, 0.25) is 17.7 Å². The fourth-order valence-electron chi connectivity index (χ4n) is 5.41. The second-order valence-electron chi connectivity index (χ2n) is 10.6. The Hall–Kier alpha value is -5.07. The molecule has 0 saturated carbocycles. The van der Waals surface area contributed by atoms with Crippen LogP contribution in [0.3, 0.4) is 0 Å². The van der Waals surface area contributed by atoms with Crippen LogP contribution in [0.25, 0.3) is 10.9 Å². The van der Waals surface area contributed by atoms with Crippen LogP contribution in [0, 0.1) is 5.82 Å². The zero-order valence-electron chi connectivity index (χ0n) is 24.2. The first-order chi connectivity index (χ1) is 21.4. The number of nitrogens with zero attached hydrogens (tertiary/aromatic N) is 6. The molecule has 228 valence electrons. The van der Waals surface area contributed by atoms with E-state index in [1.54, 1.807) is 41.2 Å². The van der Waals surface area contributed by atoms with Crippen molar-refractivity contribution in [3.63, 3.8) is 0 Å². The molecular formula is C31H32F2N8O3. The highest BCUT2D eigenvalue weighted by Crippen LogP contribution is 2.35. The number of likely N-dealkylation sites (tertiary alicyclic amines) is 1. The van der Waals surface area contributed by atoms with E-state index in [1.165, 1.54) is 24.7 Å². The highest BCUT2D eigenvalue weighted by atomic mass is 19.1. The third-order valence-corrected chi connectivity index (χ3v) is 7.74. The molecule has 44 heavy (non-hydrogen) atoms. The van der Waals surface area contributed by atoms with Gasteiger partial charge in [-0.25, -0.2) is 23.7 Å². The fourth-order valence-corrected chi connectivity index (χ4v) is 5.41. The number of piperidine rings is 1. The Morgan fingerprint density at radius 3 is 2.64 bits per heavy atom. The lowest BCUT2D eigenvalue weighted by Crippen LogP contribution is -2.41. The highest BCUT2D eigenvalue weighted by molar-refractivity contribution is 5.95. The van der Waals surface area contributed by atoms with Crippen molar-refractivity contribution in [3.05, 3.63) is 67.4 Å². The van der Waals surface area contributed by atoms with Crippen molar-refractivity contribution in [2.24, 2.45) is 0 Å². The molecule has 0 bridgehead atoms. The summed E-state index contributed by atoms with van der Waals surface area (Å²) in [5, 5.41) is 7.28. The third-order valence-electron chi connectivity index (χ3n) is 7.74. The van der Waals surface area contributed by atoms with Gasteiger partial charge in [-0.05, 0) is 43.5 Å². The van der Waals surface area contributed by atoms with Gasteiger partial charge in [0.05, 0.1) is 30.5 Å². The van der Waals surface area contributed by atoms with E-state index >= 15 is 4.39 Å². The van der Waals surface area contributed by atoms with E-state index in [0.29, 0.717) is 54.5 Å². The Kier molecular flexibility index (Phi) is 8.35. The van der Waals surface area contributed by atoms with Crippen LogP contribution in [-0.2, 0) is 4.79 Å². The van der Waals surface area contributed by atoms with Gasteiger partial charge in [0.25, 0.3) is 0 Å². The van der Waals surface area contributed by atoms with Gasteiger partial charge in [-0.3, -0.25) is 4.79 Å². The molecule has 0 aliphatic carbocycles. The monoisotopic (exact) mass is 602 g/mol. The zero-order valence-corrected chi connectivity index (χ0v) is 24.2. The van der Waals surface area contributed by atoms with Crippen LogP contribution < -0.4 is 25.0 Å². The summed E-state index contributed by atoms with van der Waals surface area (Å²) in [7, 11) is 1.59. The number of alkyl halides is 1. The number of fused-ring (bicyclic) bond motifs is 1. The van der Waals surface area contributed by atoms with E-state index < -0.39 is 12.0 Å². The molecule has 11 nitrogen and oxygen atoms in total. The summed E-state index contributed by atoms with van der Waals surface area (Å²) in [6.07, 6.45) is 5.32. The minimum Gasteiger partial charge on any atom is -0.495 e. The van der Waals surface area contributed by atoms with E-state index in [9.17, 15) is 9.18 Å². The highest BCUT2D eigenvalue weighted by Gasteiger charge is 2.25. The number of methoxy groups -OCH3 is 1. The van der Waals surface area contributed by atoms with Crippen molar-refractivity contribution in [3.8, 4) is 17.4 Å². The molecule has 4 heterocycles. The van der Waals surface area contributed by atoms with Crippen molar-refractivity contribution in [1.29, 1.82) is 0 Å². The molecule has 13 heteroatoms. The molecule has 2 aromatic carbocycles. The number of hydrogen-bond donors (Lipinski definition) is 2. The molecule has 2 aromatic heterocycles. The maximum absolute atomic E-state index is 15.3. The van der Waals surface area contributed by atoms with Crippen LogP contribution in [0.2, 0.25) is 0 Å². The largest absolute Gasteiger partial charge is 0.495 e. The van der Waals surface area contributed by atoms with Crippen LogP contribution >= 0.6 is 0 Å². The molecule has 2 aliphatic heterocycles. The number of aromatic nitrogens is 4. The van der Waals surface area contributed by atoms with Gasteiger partial charge in [0, 0.05) is 55.5 Å². The number of amides is 1. The smallest absolute Gasteiger partial charge is 0.245 e. The summed E-state index contributed by atoms with van der Waals surface area (Å²) in [6.45, 7) is 5.59. The minimum atomic E-state index is -0.909. The molecule has 4 aromatic rings. The molecule has 0 radical (unpaired) electrons. The Morgan fingerprint density at radius 1 is 1.07 bits per heavy atom. The van der Waals surface area contributed by atoms with Crippen LogP contribution in [0.1, 0.15) is 19.3 Å². The van der Waals surface area contributed by atoms with Gasteiger partial charge in [-0.2, -0.15) is 4.98 Å². The standard InChI is InChI=1S/C31H32F2N8O3/c1-3-29(42)40-12-8-20(9-13-40)37-26-15-22-25(16-27(26)43-2)35-18-36-30(22)38-24-5-4-21(14-23(24)33)44-28-6-10-34-31(39-28)41-11-7-19(32)17-41/h3-6,10,14-16,18-20,37H,1,7-9,11-13,17H2,2H3,(H,35,36,38)/t19-/m0/s1. The van der Waals surface area contributed by atoms with Gasteiger partial charge >= 0.3 is 0 Å². The quantitative estimate of drug-likeness (QED) is 0.246. The minimum absolute atomic E-state index is 0.0652. The molecule has 2 aliphatic rings. The van der Waals surface area contributed by atoms with Crippen molar-refractivity contribution in [2.45, 2.75) is 31.5 Å². The summed E-state index contributed by atoms with van der Waals surface area (Å²) in [5.74, 6) is 1.24.